The molecule has 1 saturated heterocycles. The summed E-state index contributed by atoms with van der Waals surface area (Å²) in [6.45, 7) is 1.28. The second-order valence-corrected chi connectivity index (χ2v) is 8.68. The Bertz CT molecular complexity index is 1340. The predicted molar refractivity (Wildman–Crippen MR) is 123 cm³/mol. The van der Waals surface area contributed by atoms with Crippen molar-refractivity contribution in [2.45, 2.75) is 30.6 Å². The summed E-state index contributed by atoms with van der Waals surface area (Å²) in [5.41, 5.74) is 2.31. The summed E-state index contributed by atoms with van der Waals surface area (Å²) in [6.07, 6.45) is 1.99. The molecule has 0 unspecified atom stereocenters. The number of carbonyl (C=O) groups is 1. The number of nitrogens with zero attached hydrogens (tertiary/aromatic N) is 3. The van der Waals surface area contributed by atoms with Crippen LogP contribution in [0.15, 0.2) is 52.4 Å². The molecule has 1 aliphatic rings. The van der Waals surface area contributed by atoms with E-state index >= 15 is 0 Å². The minimum atomic E-state index is -0.322. The molecule has 0 aliphatic carbocycles. The third-order valence-corrected chi connectivity index (χ3v) is 6.33. The van der Waals surface area contributed by atoms with Gasteiger partial charge in [0, 0.05) is 17.9 Å². The lowest BCUT2D eigenvalue weighted by Crippen LogP contribution is -2.18. The van der Waals surface area contributed by atoms with Crippen LogP contribution in [0.5, 0.6) is 0 Å². The molecule has 9 nitrogen and oxygen atoms in total. The number of benzene rings is 2. The largest absolute Gasteiger partial charge is 0.376 e. The predicted octanol–water partition coefficient (Wildman–Crippen LogP) is 3.16. The van der Waals surface area contributed by atoms with Gasteiger partial charge < -0.3 is 20.0 Å². The van der Waals surface area contributed by atoms with Gasteiger partial charge in [-0.05, 0) is 55.3 Å². The van der Waals surface area contributed by atoms with E-state index in [9.17, 15) is 14.0 Å². The van der Waals surface area contributed by atoms with Crippen LogP contribution in [0.3, 0.4) is 0 Å². The molecule has 3 N–H and O–H groups in total. The summed E-state index contributed by atoms with van der Waals surface area (Å²) in [4.78, 5) is 29.3. The summed E-state index contributed by atoms with van der Waals surface area (Å²) in [6, 6.07) is 11.2. The fraction of sp³-hybridized carbons (Fsp3) is 0.273. The number of ether oxygens (including phenoxy) is 1. The Kier molecular flexibility index (Phi) is 5.97. The number of H-pyrrole nitrogens is 2. The molecule has 0 radical (unpaired) electrons. The van der Waals surface area contributed by atoms with Crippen LogP contribution >= 0.6 is 11.8 Å². The molecule has 11 heteroatoms. The van der Waals surface area contributed by atoms with E-state index in [-0.39, 0.29) is 29.3 Å². The summed E-state index contributed by atoms with van der Waals surface area (Å²) < 4.78 is 21.1. The molecule has 33 heavy (non-hydrogen) atoms. The first-order chi connectivity index (χ1) is 16.0. The number of thioether (sulfide) groups is 1. The van der Waals surface area contributed by atoms with Crippen LogP contribution in [-0.2, 0) is 16.1 Å². The highest BCUT2D eigenvalue weighted by atomic mass is 32.2. The molecule has 170 valence electrons. The molecule has 3 heterocycles. The van der Waals surface area contributed by atoms with Gasteiger partial charge in [-0.1, -0.05) is 11.8 Å². The van der Waals surface area contributed by atoms with Crippen LogP contribution in [0.4, 0.5) is 10.1 Å². The van der Waals surface area contributed by atoms with Crippen molar-refractivity contribution in [1.29, 1.82) is 0 Å². The van der Waals surface area contributed by atoms with Crippen molar-refractivity contribution in [2.75, 3.05) is 17.7 Å². The summed E-state index contributed by atoms with van der Waals surface area (Å²) >= 11 is 1.27. The van der Waals surface area contributed by atoms with Gasteiger partial charge in [0.1, 0.15) is 5.82 Å². The second kappa shape index (κ2) is 9.20. The number of anilines is 1. The van der Waals surface area contributed by atoms with E-state index in [1.165, 1.54) is 23.9 Å². The van der Waals surface area contributed by atoms with Gasteiger partial charge >= 0.3 is 5.69 Å². The number of carbonyl (C=O) groups excluding carboxylic acids is 1. The third-order valence-electron chi connectivity index (χ3n) is 5.36. The van der Waals surface area contributed by atoms with E-state index in [1.807, 2.05) is 4.57 Å². The van der Waals surface area contributed by atoms with Gasteiger partial charge in [-0.25, -0.2) is 9.18 Å². The molecular weight excluding hydrogens is 447 g/mol. The number of rotatable bonds is 7. The standard InChI is InChI=1S/C22H21FN6O3S/c23-14-5-3-13(4-6-14)20-27-28-22(29(20)11-16-2-1-9-32-16)33-12-19(30)24-15-7-8-17-18(10-15)26-21(31)25-17/h3-8,10,16H,1-2,9,11-12H2,(H,24,30)(H2,25,26,31)/t16-/m0/s1. The highest BCUT2D eigenvalue weighted by Crippen LogP contribution is 2.27. The monoisotopic (exact) mass is 468 g/mol. The topological polar surface area (TPSA) is 118 Å². The minimum absolute atomic E-state index is 0.0450. The van der Waals surface area contributed by atoms with Crippen LogP contribution in [0.2, 0.25) is 0 Å². The number of amides is 1. The molecular formula is C22H21FN6O3S. The summed E-state index contributed by atoms with van der Waals surface area (Å²) in [7, 11) is 0. The SMILES string of the molecule is O=C(CSc1nnc(-c2ccc(F)cc2)n1C[C@@H]1CCCO1)Nc1ccc2[nH]c(=O)[nH]c2c1. The van der Waals surface area contributed by atoms with Crippen LogP contribution in [-0.4, -0.2) is 49.1 Å². The Morgan fingerprint density at radius 3 is 2.79 bits per heavy atom. The van der Waals surface area contributed by atoms with Gasteiger partial charge in [0.05, 0.1) is 29.4 Å². The quantitative estimate of drug-likeness (QED) is 0.359. The molecule has 4 aromatic rings. The van der Waals surface area contributed by atoms with Crippen molar-refractivity contribution in [2.24, 2.45) is 0 Å². The molecule has 0 bridgehead atoms. The lowest BCUT2D eigenvalue weighted by molar-refractivity contribution is -0.113. The molecule has 5 rings (SSSR count). The van der Waals surface area contributed by atoms with Crippen LogP contribution in [0, 0.1) is 5.82 Å². The van der Waals surface area contributed by atoms with Gasteiger partial charge in [-0.15, -0.1) is 10.2 Å². The molecule has 0 spiro atoms. The fourth-order valence-electron chi connectivity index (χ4n) is 3.80. The Balaban J connectivity index is 1.31. The maximum atomic E-state index is 13.4. The zero-order valence-electron chi connectivity index (χ0n) is 17.5. The Morgan fingerprint density at radius 2 is 2.00 bits per heavy atom. The Hall–Kier alpha value is -3.44. The highest BCUT2D eigenvalue weighted by molar-refractivity contribution is 7.99. The maximum Gasteiger partial charge on any atom is 0.323 e. The number of imidazole rings is 1. The van der Waals surface area contributed by atoms with Crippen LogP contribution in [0.25, 0.3) is 22.4 Å². The first-order valence-corrected chi connectivity index (χ1v) is 11.5. The Labute approximate surface area is 191 Å². The van der Waals surface area contributed by atoms with Gasteiger partial charge in [-0.3, -0.25) is 9.36 Å². The molecule has 1 aliphatic heterocycles. The van der Waals surface area contributed by atoms with Gasteiger partial charge in [-0.2, -0.15) is 0 Å². The van der Waals surface area contributed by atoms with E-state index in [1.54, 1.807) is 30.3 Å². The van der Waals surface area contributed by atoms with Crippen LogP contribution in [0.1, 0.15) is 12.8 Å². The Morgan fingerprint density at radius 1 is 1.18 bits per heavy atom. The number of hydrogen-bond acceptors (Lipinski definition) is 6. The average molecular weight is 469 g/mol. The van der Waals surface area contributed by atoms with E-state index in [0.29, 0.717) is 34.2 Å². The fourth-order valence-corrected chi connectivity index (χ4v) is 4.55. The van der Waals surface area contributed by atoms with Crippen molar-refractivity contribution >= 4 is 34.4 Å². The molecule has 0 saturated carbocycles. The molecule has 1 fully saturated rings. The van der Waals surface area contributed by atoms with Crippen LogP contribution < -0.4 is 11.0 Å². The number of aromatic amines is 2. The van der Waals surface area contributed by atoms with Crippen molar-refractivity contribution in [3.05, 3.63) is 58.8 Å². The lowest BCUT2D eigenvalue weighted by Gasteiger charge is -2.14. The molecule has 2 aromatic heterocycles. The average Bonchev–Trinajstić information content (AvgIpc) is 3.53. The van der Waals surface area contributed by atoms with E-state index in [2.05, 4.69) is 25.5 Å². The third kappa shape index (κ3) is 4.83. The van der Waals surface area contributed by atoms with Crippen molar-refractivity contribution in [1.82, 2.24) is 24.7 Å². The zero-order chi connectivity index (χ0) is 22.8. The first-order valence-electron chi connectivity index (χ1n) is 10.5. The normalized spacial score (nSPS) is 15.8. The van der Waals surface area contributed by atoms with Crippen molar-refractivity contribution in [3.63, 3.8) is 0 Å². The molecule has 1 amide bonds. The molecule has 1 atom stereocenters. The maximum absolute atomic E-state index is 13.4. The highest BCUT2D eigenvalue weighted by Gasteiger charge is 2.22. The number of fused-ring (bicyclic) bond motifs is 1. The lowest BCUT2D eigenvalue weighted by atomic mass is 10.2. The second-order valence-electron chi connectivity index (χ2n) is 7.74. The smallest absolute Gasteiger partial charge is 0.323 e. The summed E-state index contributed by atoms with van der Waals surface area (Å²) in [5, 5.41) is 12.0. The first kappa shape index (κ1) is 21.4. The van der Waals surface area contributed by atoms with E-state index < -0.39 is 0 Å². The van der Waals surface area contributed by atoms with Gasteiger partial charge in [0.25, 0.3) is 0 Å². The minimum Gasteiger partial charge on any atom is -0.376 e. The van der Waals surface area contributed by atoms with Crippen molar-refractivity contribution < 1.29 is 13.9 Å². The number of halogens is 1. The summed E-state index contributed by atoms with van der Waals surface area (Å²) in [5.74, 6) is 0.189. The van der Waals surface area contributed by atoms with Crippen molar-refractivity contribution in [3.8, 4) is 11.4 Å². The molecule has 2 aromatic carbocycles. The number of hydrogen-bond donors (Lipinski definition) is 3. The van der Waals surface area contributed by atoms with E-state index in [0.717, 1.165) is 25.0 Å². The van der Waals surface area contributed by atoms with Gasteiger partial charge in [0.15, 0.2) is 11.0 Å². The number of aromatic nitrogens is 5. The van der Waals surface area contributed by atoms with E-state index in [4.69, 9.17) is 4.74 Å². The van der Waals surface area contributed by atoms with Gasteiger partial charge in [0.2, 0.25) is 5.91 Å². The zero-order valence-corrected chi connectivity index (χ0v) is 18.3. The number of nitrogens with one attached hydrogen (secondary N) is 3.